The summed E-state index contributed by atoms with van der Waals surface area (Å²) in [6.45, 7) is 6.74. The van der Waals surface area contributed by atoms with Crippen LogP contribution in [0.15, 0.2) is 48.5 Å². The van der Waals surface area contributed by atoms with Crippen LogP contribution >= 0.6 is 0 Å². The molecule has 1 unspecified atom stereocenters. The minimum absolute atomic E-state index is 0.0680. The Bertz CT molecular complexity index is 1310. The number of amides is 3. The first-order valence-corrected chi connectivity index (χ1v) is 14.6. The molecule has 2 saturated heterocycles. The molecule has 3 aliphatic rings. The van der Waals surface area contributed by atoms with Crippen molar-refractivity contribution in [3.8, 4) is 11.1 Å². The third-order valence-electron chi connectivity index (χ3n) is 8.53. The number of rotatable bonds is 7. The molecule has 42 heavy (non-hydrogen) atoms. The van der Waals surface area contributed by atoms with E-state index in [1.807, 2.05) is 57.2 Å². The van der Waals surface area contributed by atoms with Crippen molar-refractivity contribution < 1.29 is 33.8 Å². The van der Waals surface area contributed by atoms with Crippen LogP contribution in [-0.2, 0) is 19.1 Å². The SMILES string of the molecule is CC(C)(C)OC(=O)N1CCC2(CC1)CNC(=O)C2N(CCCC(=O)O)C(=O)OCC1c2ccccc2-c2ccccc21. The van der Waals surface area contributed by atoms with E-state index < -0.39 is 35.2 Å². The van der Waals surface area contributed by atoms with E-state index in [4.69, 9.17) is 9.47 Å². The van der Waals surface area contributed by atoms with Gasteiger partial charge in [0, 0.05) is 43.9 Å². The lowest BCUT2D eigenvalue weighted by molar-refractivity contribution is -0.137. The van der Waals surface area contributed by atoms with Gasteiger partial charge in [-0.3, -0.25) is 14.5 Å². The second kappa shape index (κ2) is 11.7. The van der Waals surface area contributed by atoms with Crippen molar-refractivity contribution in [3.63, 3.8) is 0 Å². The van der Waals surface area contributed by atoms with Crippen molar-refractivity contribution >= 4 is 24.1 Å². The molecule has 0 saturated carbocycles. The van der Waals surface area contributed by atoms with Crippen LogP contribution in [-0.4, -0.2) is 83.4 Å². The largest absolute Gasteiger partial charge is 0.481 e. The summed E-state index contributed by atoms with van der Waals surface area (Å²) in [6, 6.07) is 15.3. The molecule has 0 radical (unpaired) electrons. The van der Waals surface area contributed by atoms with Gasteiger partial charge in [-0.15, -0.1) is 0 Å². The van der Waals surface area contributed by atoms with Crippen LogP contribution in [0.4, 0.5) is 9.59 Å². The first-order valence-electron chi connectivity index (χ1n) is 14.6. The number of likely N-dealkylation sites (tertiary alicyclic amines) is 1. The summed E-state index contributed by atoms with van der Waals surface area (Å²) < 4.78 is 11.5. The number of carbonyl (C=O) groups is 4. The lowest BCUT2D eigenvalue weighted by atomic mass is 9.73. The number of nitrogens with one attached hydrogen (secondary N) is 1. The van der Waals surface area contributed by atoms with Gasteiger partial charge in [-0.05, 0) is 62.3 Å². The Morgan fingerprint density at radius 3 is 2.19 bits per heavy atom. The van der Waals surface area contributed by atoms with Gasteiger partial charge < -0.3 is 24.8 Å². The predicted octanol–water partition coefficient (Wildman–Crippen LogP) is 4.62. The number of piperidine rings is 1. The van der Waals surface area contributed by atoms with Gasteiger partial charge in [-0.25, -0.2) is 9.59 Å². The Morgan fingerprint density at radius 2 is 1.62 bits per heavy atom. The van der Waals surface area contributed by atoms with Gasteiger partial charge in [-0.2, -0.15) is 0 Å². The zero-order valence-corrected chi connectivity index (χ0v) is 24.4. The predicted molar refractivity (Wildman–Crippen MR) is 155 cm³/mol. The topological polar surface area (TPSA) is 125 Å². The molecule has 0 aromatic heterocycles. The van der Waals surface area contributed by atoms with Gasteiger partial charge in [0.25, 0.3) is 0 Å². The number of hydrogen-bond acceptors (Lipinski definition) is 6. The van der Waals surface area contributed by atoms with Gasteiger partial charge in [0.2, 0.25) is 5.91 Å². The maximum absolute atomic E-state index is 13.8. The molecule has 10 heteroatoms. The smallest absolute Gasteiger partial charge is 0.410 e. The second-order valence-electron chi connectivity index (χ2n) is 12.4. The van der Waals surface area contributed by atoms with Crippen molar-refractivity contribution in [3.05, 3.63) is 59.7 Å². The number of ether oxygens (including phenoxy) is 2. The molecule has 2 heterocycles. The minimum atomic E-state index is -0.973. The highest BCUT2D eigenvalue weighted by Gasteiger charge is 2.54. The Labute approximate surface area is 246 Å². The monoisotopic (exact) mass is 577 g/mol. The molecule has 1 atom stereocenters. The van der Waals surface area contributed by atoms with E-state index in [2.05, 4.69) is 17.4 Å². The molecule has 2 N–H and O–H groups in total. The van der Waals surface area contributed by atoms with Gasteiger partial charge in [0.1, 0.15) is 18.2 Å². The van der Waals surface area contributed by atoms with Gasteiger partial charge in [0.15, 0.2) is 0 Å². The number of fused-ring (bicyclic) bond motifs is 3. The van der Waals surface area contributed by atoms with Crippen LogP contribution in [0, 0.1) is 5.41 Å². The van der Waals surface area contributed by atoms with Gasteiger partial charge >= 0.3 is 18.2 Å². The lowest BCUT2D eigenvalue weighted by Gasteiger charge is -2.44. The van der Waals surface area contributed by atoms with Crippen molar-refractivity contribution in [2.24, 2.45) is 5.41 Å². The van der Waals surface area contributed by atoms with E-state index in [1.54, 1.807) is 4.90 Å². The van der Waals surface area contributed by atoms with E-state index in [0.717, 1.165) is 22.3 Å². The Kier molecular flexibility index (Phi) is 8.17. The number of hydrogen-bond donors (Lipinski definition) is 2. The molecule has 2 fully saturated rings. The molecule has 3 amide bonds. The summed E-state index contributed by atoms with van der Waals surface area (Å²) >= 11 is 0. The summed E-state index contributed by atoms with van der Waals surface area (Å²) in [7, 11) is 0. The molecular weight excluding hydrogens is 538 g/mol. The standard InChI is InChI=1S/C32H39N3O7/c1-31(2,3)42-29(39)34-17-14-32(15-18-34)20-33-28(38)27(32)35(16-8-13-26(36)37)30(40)41-19-25-23-11-6-4-9-21(23)22-10-5-7-12-24(22)25/h4-7,9-12,25,27H,8,13-20H2,1-3H3,(H,33,38)(H,36,37). The van der Waals surface area contributed by atoms with Crippen LogP contribution in [0.25, 0.3) is 11.1 Å². The number of aliphatic carboxylic acids is 1. The lowest BCUT2D eigenvalue weighted by Crippen LogP contribution is -2.56. The average Bonchev–Trinajstić information content (AvgIpc) is 3.43. The normalized spacial score (nSPS) is 19.2. The van der Waals surface area contributed by atoms with Crippen LogP contribution in [0.5, 0.6) is 0 Å². The molecule has 2 aromatic rings. The van der Waals surface area contributed by atoms with E-state index in [1.165, 1.54) is 4.90 Å². The molecule has 1 spiro atoms. The van der Waals surface area contributed by atoms with Crippen molar-refractivity contribution in [2.75, 3.05) is 32.8 Å². The number of nitrogens with zero attached hydrogens (tertiary/aromatic N) is 2. The first-order chi connectivity index (χ1) is 20.0. The van der Waals surface area contributed by atoms with E-state index in [-0.39, 0.29) is 37.8 Å². The van der Waals surface area contributed by atoms with E-state index >= 15 is 0 Å². The van der Waals surface area contributed by atoms with Crippen LogP contribution in [0.1, 0.15) is 63.5 Å². The summed E-state index contributed by atoms with van der Waals surface area (Å²) in [6.07, 6.45) is -0.0207. The third kappa shape index (κ3) is 5.93. The Hall–Kier alpha value is -4.08. The van der Waals surface area contributed by atoms with Gasteiger partial charge in [0.05, 0.1) is 0 Å². The molecule has 10 nitrogen and oxygen atoms in total. The fraction of sp³-hybridized carbons (Fsp3) is 0.500. The van der Waals surface area contributed by atoms with Gasteiger partial charge in [-0.1, -0.05) is 48.5 Å². The fourth-order valence-corrected chi connectivity index (χ4v) is 6.52. The Balaban J connectivity index is 1.34. The van der Waals surface area contributed by atoms with Crippen molar-refractivity contribution in [1.29, 1.82) is 0 Å². The van der Waals surface area contributed by atoms with Crippen LogP contribution < -0.4 is 5.32 Å². The molecule has 2 aliphatic heterocycles. The van der Waals surface area contributed by atoms with Crippen molar-refractivity contribution in [1.82, 2.24) is 15.1 Å². The number of carbonyl (C=O) groups excluding carboxylic acids is 3. The highest BCUT2D eigenvalue weighted by atomic mass is 16.6. The average molecular weight is 578 g/mol. The number of carboxylic acid groups (broad SMARTS) is 1. The van der Waals surface area contributed by atoms with Crippen LogP contribution in [0.3, 0.4) is 0 Å². The highest BCUT2D eigenvalue weighted by Crippen LogP contribution is 2.45. The van der Waals surface area contributed by atoms with Crippen LogP contribution in [0.2, 0.25) is 0 Å². The summed E-state index contributed by atoms with van der Waals surface area (Å²) in [5.74, 6) is -1.41. The number of benzene rings is 2. The summed E-state index contributed by atoms with van der Waals surface area (Å²) in [4.78, 5) is 54.1. The zero-order valence-electron chi connectivity index (χ0n) is 24.4. The number of carboxylic acids is 1. The highest BCUT2D eigenvalue weighted by molar-refractivity contribution is 5.89. The zero-order chi connectivity index (χ0) is 30.1. The summed E-state index contributed by atoms with van der Waals surface area (Å²) in [5.41, 5.74) is 3.15. The van der Waals surface area contributed by atoms with Crippen molar-refractivity contribution in [2.45, 2.75) is 64.0 Å². The molecule has 2 aromatic carbocycles. The molecule has 224 valence electrons. The molecule has 0 bridgehead atoms. The minimum Gasteiger partial charge on any atom is -0.481 e. The molecule has 5 rings (SSSR count). The van der Waals surface area contributed by atoms with E-state index in [9.17, 15) is 24.3 Å². The summed E-state index contributed by atoms with van der Waals surface area (Å²) in [5, 5.41) is 12.2. The molecule has 1 aliphatic carbocycles. The fourth-order valence-electron chi connectivity index (χ4n) is 6.52. The first kappa shape index (κ1) is 29.4. The third-order valence-corrected chi connectivity index (χ3v) is 8.53. The quantitative estimate of drug-likeness (QED) is 0.492. The maximum Gasteiger partial charge on any atom is 0.410 e. The maximum atomic E-state index is 13.8. The molecular formula is C32H39N3O7. The second-order valence-corrected chi connectivity index (χ2v) is 12.4. The Morgan fingerprint density at radius 1 is 1.02 bits per heavy atom. The van der Waals surface area contributed by atoms with E-state index in [0.29, 0.717) is 32.5 Å².